The van der Waals surface area contributed by atoms with E-state index in [0.29, 0.717) is 12.2 Å². The van der Waals surface area contributed by atoms with Gasteiger partial charge >= 0.3 is 0 Å². The van der Waals surface area contributed by atoms with Gasteiger partial charge in [-0.3, -0.25) is 14.4 Å². The molecule has 3 atom stereocenters. The normalized spacial score (nSPS) is 16.2. The van der Waals surface area contributed by atoms with Crippen molar-refractivity contribution < 1.29 is 23.5 Å². The first-order chi connectivity index (χ1) is 19.8. The number of carbonyl (C=O) groups excluding carboxylic acids is 3. The van der Waals surface area contributed by atoms with Gasteiger partial charge in [-0.15, -0.1) is 0 Å². The molecule has 0 radical (unpaired) electrons. The predicted molar refractivity (Wildman–Crippen MR) is 157 cm³/mol. The molecule has 0 bridgehead atoms. The summed E-state index contributed by atoms with van der Waals surface area (Å²) in [6, 6.07) is 18.3. The zero-order chi connectivity index (χ0) is 29.4. The van der Waals surface area contributed by atoms with Crippen LogP contribution in [0.25, 0.3) is 10.8 Å². The molecule has 218 valence electrons. The number of rotatable bonds is 12. The van der Waals surface area contributed by atoms with Crippen molar-refractivity contribution in [2.75, 3.05) is 40.9 Å². The molecular formula is C32H39FN4O4. The Morgan fingerprint density at radius 3 is 2.32 bits per heavy atom. The van der Waals surface area contributed by atoms with Crippen LogP contribution < -0.4 is 10.6 Å². The smallest absolute Gasteiger partial charge is 0.249 e. The van der Waals surface area contributed by atoms with E-state index in [1.165, 1.54) is 29.0 Å². The van der Waals surface area contributed by atoms with Gasteiger partial charge in [-0.1, -0.05) is 54.6 Å². The molecule has 41 heavy (non-hydrogen) atoms. The van der Waals surface area contributed by atoms with Gasteiger partial charge in [0.05, 0.1) is 6.61 Å². The van der Waals surface area contributed by atoms with Crippen molar-refractivity contribution in [3.8, 4) is 0 Å². The minimum Gasteiger partial charge on any atom is -0.370 e. The largest absolute Gasteiger partial charge is 0.370 e. The van der Waals surface area contributed by atoms with Gasteiger partial charge in [-0.2, -0.15) is 0 Å². The Kier molecular flexibility index (Phi) is 10.4. The number of nitrogens with zero attached hydrogens (tertiary/aromatic N) is 2. The van der Waals surface area contributed by atoms with Crippen molar-refractivity contribution in [2.45, 2.75) is 43.8 Å². The third-order valence-corrected chi connectivity index (χ3v) is 7.80. The molecule has 1 aliphatic heterocycles. The van der Waals surface area contributed by atoms with Gasteiger partial charge in [-0.25, -0.2) is 4.39 Å². The summed E-state index contributed by atoms with van der Waals surface area (Å²) in [5.74, 6) is -1.42. The zero-order valence-corrected chi connectivity index (χ0v) is 23.9. The highest BCUT2D eigenvalue weighted by Gasteiger charge is 2.35. The molecule has 8 nitrogen and oxygen atoms in total. The van der Waals surface area contributed by atoms with Crippen LogP contribution in [0, 0.1) is 5.82 Å². The summed E-state index contributed by atoms with van der Waals surface area (Å²) in [5, 5.41) is 8.09. The molecule has 1 saturated heterocycles. The van der Waals surface area contributed by atoms with Crippen LogP contribution in [0.4, 0.5) is 4.39 Å². The second-order valence-electron chi connectivity index (χ2n) is 10.6. The maximum absolute atomic E-state index is 14.1. The molecule has 3 aromatic rings. The SMILES string of the molecule is CNC(=O)C(Cc1ccc(F)cc1)N(C)C(=O)C(Cc1ccc2ccccc2c1)N(C)C(=O)COCC1CCCN1. The Bertz CT molecular complexity index is 1340. The molecule has 1 fully saturated rings. The minimum atomic E-state index is -0.873. The van der Waals surface area contributed by atoms with Gasteiger partial charge in [0.2, 0.25) is 17.7 Å². The number of likely N-dealkylation sites (N-methyl/N-ethyl adjacent to an activating group) is 3. The molecule has 1 aliphatic rings. The van der Waals surface area contributed by atoms with E-state index < -0.39 is 12.1 Å². The van der Waals surface area contributed by atoms with Gasteiger partial charge in [0.1, 0.15) is 24.5 Å². The van der Waals surface area contributed by atoms with Crippen molar-refractivity contribution in [2.24, 2.45) is 0 Å². The Balaban J connectivity index is 1.56. The van der Waals surface area contributed by atoms with Crippen LogP contribution >= 0.6 is 0 Å². The van der Waals surface area contributed by atoms with E-state index in [1.807, 2.05) is 42.5 Å². The topological polar surface area (TPSA) is 91.0 Å². The molecule has 1 heterocycles. The van der Waals surface area contributed by atoms with E-state index in [-0.39, 0.29) is 49.0 Å². The Morgan fingerprint density at radius 1 is 0.951 bits per heavy atom. The number of halogens is 1. The maximum atomic E-state index is 14.1. The monoisotopic (exact) mass is 562 g/mol. The van der Waals surface area contributed by atoms with Crippen molar-refractivity contribution >= 4 is 28.5 Å². The van der Waals surface area contributed by atoms with Crippen LogP contribution in [-0.4, -0.2) is 86.5 Å². The molecule has 0 spiro atoms. The first-order valence-corrected chi connectivity index (χ1v) is 14.0. The Labute approximate surface area is 240 Å². The highest BCUT2D eigenvalue weighted by molar-refractivity contribution is 5.92. The van der Waals surface area contributed by atoms with Crippen LogP contribution in [0.2, 0.25) is 0 Å². The fraction of sp³-hybridized carbons (Fsp3) is 0.406. The number of ether oxygens (including phenoxy) is 1. The average Bonchev–Trinajstić information content (AvgIpc) is 3.51. The Hall–Kier alpha value is -3.82. The molecule has 3 unspecified atom stereocenters. The van der Waals surface area contributed by atoms with E-state index in [2.05, 4.69) is 10.6 Å². The lowest BCUT2D eigenvalue weighted by atomic mass is 9.98. The summed E-state index contributed by atoms with van der Waals surface area (Å²) in [4.78, 5) is 43.1. The quantitative estimate of drug-likeness (QED) is 0.354. The van der Waals surface area contributed by atoms with Gasteiger partial charge < -0.3 is 25.2 Å². The highest BCUT2D eigenvalue weighted by Crippen LogP contribution is 2.20. The van der Waals surface area contributed by atoms with Gasteiger partial charge in [0.15, 0.2) is 0 Å². The standard InChI is InChI=1S/C32H39FN4O4/c1-34-31(39)28(18-22-11-14-26(33)15-12-22)37(3)32(40)29(19-23-10-13-24-7-4-5-8-25(24)17-23)36(2)30(38)21-41-20-27-9-6-16-35-27/h4-5,7-8,10-15,17,27-29,35H,6,9,16,18-21H2,1-3H3,(H,34,39). The van der Waals surface area contributed by atoms with Gasteiger partial charge in [-0.05, 0) is 53.4 Å². The van der Waals surface area contributed by atoms with E-state index >= 15 is 0 Å². The lowest BCUT2D eigenvalue weighted by Crippen LogP contribution is -2.56. The predicted octanol–water partition coefficient (Wildman–Crippen LogP) is 2.93. The van der Waals surface area contributed by atoms with Crippen LogP contribution in [0.5, 0.6) is 0 Å². The summed E-state index contributed by atoms with van der Waals surface area (Å²) < 4.78 is 19.2. The first-order valence-electron chi connectivity index (χ1n) is 14.0. The second-order valence-corrected chi connectivity index (χ2v) is 10.6. The lowest BCUT2D eigenvalue weighted by molar-refractivity contribution is -0.149. The second kappa shape index (κ2) is 14.2. The average molecular weight is 563 g/mol. The van der Waals surface area contributed by atoms with E-state index in [9.17, 15) is 18.8 Å². The third kappa shape index (κ3) is 7.89. The lowest BCUT2D eigenvalue weighted by Gasteiger charge is -2.34. The Morgan fingerprint density at radius 2 is 1.63 bits per heavy atom. The first kappa shape index (κ1) is 30.1. The summed E-state index contributed by atoms with van der Waals surface area (Å²) >= 11 is 0. The summed E-state index contributed by atoms with van der Waals surface area (Å²) in [6.07, 6.45) is 2.55. The molecule has 3 aromatic carbocycles. The number of hydrogen-bond acceptors (Lipinski definition) is 5. The fourth-order valence-corrected chi connectivity index (χ4v) is 5.25. The molecule has 4 rings (SSSR count). The van der Waals surface area contributed by atoms with Crippen LogP contribution in [-0.2, 0) is 32.0 Å². The van der Waals surface area contributed by atoms with Crippen molar-refractivity contribution in [1.29, 1.82) is 0 Å². The molecule has 2 N–H and O–H groups in total. The van der Waals surface area contributed by atoms with Crippen LogP contribution in [0.15, 0.2) is 66.7 Å². The fourth-order valence-electron chi connectivity index (χ4n) is 5.25. The van der Waals surface area contributed by atoms with E-state index in [0.717, 1.165) is 35.7 Å². The maximum Gasteiger partial charge on any atom is 0.249 e. The summed E-state index contributed by atoms with van der Waals surface area (Å²) in [7, 11) is 4.68. The van der Waals surface area contributed by atoms with Crippen molar-refractivity contribution in [1.82, 2.24) is 20.4 Å². The summed E-state index contributed by atoms with van der Waals surface area (Å²) in [5.41, 5.74) is 1.60. The number of benzene rings is 3. The molecule has 3 amide bonds. The number of hydrogen-bond donors (Lipinski definition) is 2. The van der Waals surface area contributed by atoms with Gasteiger partial charge in [0, 0.05) is 40.0 Å². The van der Waals surface area contributed by atoms with E-state index in [4.69, 9.17) is 4.74 Å². The minimum absolute atomic E-state index is 0.144. The number of fused-ring (bicyclic) bond motifs is 1. The number of carbonyl (C=O) groups is 3. The van der Waals surface area contributed by atoms with E-state index in [1.54, 1.807) is 26.2 Å². The molecule has 0 aromatic heterocycles. The van der Waals surface area contributed by atoms with Crippen molar-refractivity contribution in [3.63, 3.8) is 0 Å². The molecule has 0 saturated carbocycles. The van der Waals surface area contributed by atoms with Crippen molar-refractivity contribution in [3.05, 3.63) is 83.7 Å². The van der Waals surface area contributed by atoms with Crippen LogP contribution in [0.1, 0.15) is 24.0 Å². The molecule has 9 heteroatoms. The number of nitrogens with one attached hydrogen (secondary N) is 2. The van der Waals surface area contributed by atoms with Crippen LogP contribution in [0.3, 0.4) is 0 Å². The van der Waals surface area contributed by atoms with Gasteiger partial charge in [0.25, 0.3) is 0 Å². The zero-order valence-electron chi connectivity index (χ0n) is 23.9. The third-order valence-electron chi connectivity index (χ3n) is 7.80. The molecule has 0 aliphatic carbocycles. The summed E-state index contributed by atoms with van der Waals surface area (Å²) in [6.45, 7) is 1.23. The number of amides is 3. The molecular weight excluding hydrogens is 523 g/mol. The highest BCUT2D eigenvalue weighted by atomic mass is 19.1.